The molecule has 1 rings (SSSR count). The molecule has 0 saturated carbocycles. The molecule has 1 aromatic rings. The molecule has 0 unspecified atom stereocenters. The topological polar surface area (TPSA) is 83.4 Å². The molecule has 1 aromatic carbocycles. The molecule has 1 amide bonds. The van der Waals surface area contributed by atoms with Gasteiger partial charge in [-0.3, -0.25) is 4.79 Å². The van der Waals surface area contributed by atoms with Crippen molar-refractivity contribution in [1.82, 2.24) is 5.32 Å². The quantitative estimate of drug-likeness (QED) is 0.438. The van der Waals surface area contributed by atoms with Crippen LogP contribution in [-0.2, 0) is 4.79 Å². The molecule has 0 aliphatic heterocycles. The van der Waals surface area contributed by atoms with Crippen molar-refractivity contribution >= 4 is 11.6 Å². The molecule has 22 heavy (non-hydrogen) atoms. The van der Waals surface area contributed by atoms with Crippen LogP contribution >= 0.6 is 0 Å². The summed E-state index contributed by atoms with van der Waals surface area (Å²) < 4.78 is 10.4. The number of carbonyl (C=O) groups excluding carboxylic acids is 1. The molecule has 0 fully saturated rings. The van der Waals surface area contributed by atoms with Gasteiger partial charge in [-0.1, -0.05) is 13.3 Å². The third-order valence-corrected chi connectivity index (χ3v) is 2.96. The Hall–Kier alpha value is -2.68. The van der Waals surface area contributed by atoms with Gasteiger partial charge in [0.2, 0.25) is 0 Å². The molecule has 118 valence electrons. The standard InChI is InChI=1S/C16H21N3O3/c1-4-5-8-18-16(20)12(10-17)11-19-14-9-13(21-2)6-7-15(14)22-3/h6-7,9,11,19H,4-5,8H2,1-3H3,(H,18,20)/b12-11-. The second-order valence-corrected chi connectivity index (χ2v) is 4.49. The predicted molar refractivity (Wildman–Crippen MR) is 84.8 cm³/mol. The zero-order chi connectivity index (χ0) is 16.4. The molecule has 0 radical (unpaired) electrons. The van der Waals surface area contributed by atoms with E-state index in [-0.39, 0.29) is 5.57 Å². The van der Waals surface area contributed by atoms with E-state index >= 15 is 0 Å². The molecule has 0 atom stereocenters. The van der Waals surface area contributed by atoms with Gasteiger partial charge in [0.05, 0.1) is 19.9 Å². The van der Waals surface area contributed by atoms with Crippen LogP contribution in [0.3, 0.4) is 0 Å². The normalized spacial score (nSPS) is 10.5. The molecule has 0 aliphatic rings. The Morgan fingerprint density at radius 2 is 2.14 bits per heavy atom. The second kappa shape index (κ2) is 9.29. The van der Waals surface area contributed by atoms with Crippen molar-refractivity contribution in [3.8, 4) is 17.6 Å². The van der Waals surface area contributed by atoms with Crippen molar-refractivity contribution in [3.05, 3.63) is 30.0 Å². The summed E-state index contributed by atoms with van der Waals surface area (Å²) in [5, 5.41) is 14.7. The van der Waals surface area contributed by atoms with Crippen LogP contribution in [0, 0.1) is 11.3 Å². The van der Waals surface area contributed by atoms with Gasteiger partial charge in [0.1, 0.15) is 23.1 Å². The summed E-state index contributed by atoms with van der Waals surface area (Å²) in [5.74, 6) is 0.827. The number of amides is 1. The van der Waals surface area contributed by atoms with E-state index in [1.807, 2.05) is 13.0 Å². The molecule has 6 nitrogen and oxygen atoms in total. The molecular weight excluding hydrogens is 282 g/mol. The van der Waals surface area contributed by atoms with Crippen LogP contribution < -0.4 is 20.1 Å². The number of rotatable bonds is 8. The first kappa shape index (κ1) is 17.4. The number of hydrogen-bond acceptors (Lipinski definition) is 5. The fourth-order valence-corrected chi connectivity index (χ4v) is 1.70. The summed E-state index contributed by atoms with van der Waals surface area (Å²) >= 11 is 0. The van der Waals surface area contributed by atoms with Gasteiger partial charge in [-0.05, 0) is 18.6 Å². The summed E-state index contributed by atoms with van der Waals surface area (Å²) in [6.45, 7) is 2.58. The van der Waals surface area contributed by atoms with E-state index in [4.69, 9.17) is 14.7 Å². The van der Waals surface area contributed by atoms with E-state index in [2.05, 4.69) is 10.6 Å². The molecule has 6 heteroatoms. The number of nitriles is 1. The third kappa shape index (κ3) is 5.02. The van der Waals surface area contributed by atoms with Crippen LogP contribution in [0.4, 0.5) is 5.69 Å². The number of ether oxygens (including phenoxy) is 2. The van der Waals surface area contributed by atoms with E-state index in [1.165, 1.54) is 6.20 Å². The van der Waals surface area contributed by atoms with Gasteiger partial charge in [0, 0.05) is 18.8 Å². The van der Waals surface area contributed by atoms with Crippen molar-refractivity contribution < 1.29 is 14.3 Å². The summed E-state index contributed by atoms with van der Waals surface area (Å²) in [7, 11) is 3.10. The Morgan fingerprint density at radius 1 is 1.36 bits per heavy atom. The maximum absolute atomic E-state index is 11.9. The predicted octanol–water partition coefficient (Wildman–Crippen LogP) is 2.44. The highest BCUT2D eigenvalue weighted by atomic mass is 16.5. The minimum absolute atomic E-state index is 0.000904. The average Bonchev–Trinajstić information content (AvgIpc) is 2.55. The molecule has 0 spiro atoms. The lowest BCUT2D eigenvalue weighted by molar-refractivity contribution is -0.117. The van der Waals surface area contributed by atoms with E-state index in [0.29, 0.717) is 23.7 Å². The highest BCUT2D eigenvalue weighted by Crippen LogP contribution is 2.28. The van der Waals surface area contributed by atoms with Crippen LogP contribution in [-0.4, -0.2) is 26.7 Å². The number of carbonyl (C=O) groups is 1. The summed E-state index contributed by atoms with van der Waals surface area (Å²) in [5.41, 5.74) is 0.608. The third-order valence-electron chi connectivity index (χ3n) is 2.96. The minimum atomic E-state index is -0.398. The Morgan fingerprint density at radius 3 is 2.73 bits per heavy atom. The number of hydrogen-bond donors (Lipinski definition) is 2. The molecular formula is C16H21N3O3. The van der Waals surface area contributed by atoms with Crippen LogP contribution in [0.1, 0.15) is 19.8 Å². The largest absolute Gasteiger partial charge is 0.497 e. The SMILES string of the molecule is CCCCNC(=O)/C(C#N)=C\Nc1cc(OC)ccc1OC. The van der Waals surface area contributed by atoms with Gasteiger partial charge < -0.3 is 20.1 Å². The number of methoxy groups -OCH3 is 2. The van der Waals surface area contributed by atoms with Crippen molar-refractivity contribution in [1.29, 1.82) is 5.26 Å². The maximum Gasteiger partial charge on any atom is 0.263 e. The zero-order valence-corrected chi connectivity index (χ0v) is 13.1. The average molecular weight is 303 g/mol. The smallest absolute Gasteiger partial charge is 0.263 e. The van der Waals surface area contributed by atoms with Crippen molar-refractivity contribution in [2.24, 2.45) is 0 Å². The van der Waals surface area contributed by atoms with E-state index < -0.39 is 5.91 Å². The Kier molecular flexibility index (Phi) is 7.34. The first-order valence-corrected chi connectivity index (χ1v) is 7.03. The van der Waals surface area contributed by atoms with Gasteiger partial charge >= 0.3 is 0 Å². The number of benzene rings is 1. The minimum Gasteiger partial charge on any atom is -0.497 e. The molecule has 2 N–H and O–H groups in total. The van der Waals surface area contributed by atoms with Gasteiger partial charge in [-0.2, -0.15) is 5.26 Å². The van der Waals surface area contributed by atoms with Crippen molar-refractivity contribution in [3.63, 3.8) is 0 Å². The van der Waals surface area contributed by atoms with Crippen molar-refractivity contribution in [2.45, 2.75) is 19.8 Å². The molecule has 0 aromatic heterocycles. The second-order valence-electron chi connectivity index (χ2n) is 4.49. The first-order valence-electron chi connectivity index (χ1n) is 7.03. The lowest BCUT2D eigenvalue weighted by atomic mass is 10.2. The molecule has 0 aliphatic carbocycles. The first-order chi connectivity index (χ1) is 10.7. The van der Waals surface area contributed by atoms with Crippen molar-refractivity contribution in [2.75, 3.05) is 26.1 Å². The lowest BCUT2D eigenvalue weighted by Gasteiger charge is -2.10. The van der Waals surface area contributed by atoms with Gasteiger partial charge in [-0.15, -0.1) is 0 Å². The molecule has 0 saturated heterocycles. The van der Waals surface area contributed by atoms with Gasteiger partial charge in [0.15, 0.2) is 0 Å². The summed E-state index contributed by atoms with van der Waals surface area (Å²) in [6.07, 6.45) is 3.21. The number of anilines is 1. The number of unbranched alkanes of at least 4 members (excludes halogenated alkanes) is 1. The summed E-state index contributed by atoms with van der Waals surface area (Å²) in [6, 6.07) is 7.10. The fourth-order valence-electron chi connectivity index (χ4n) is 1.70. The lowest BCUT2D eigenvalue weighted by Crippen LogP contribution is -2.25. The highest BCUT2D eigenvalue weighted by molar-refractivity contribution is 5.97. The van der Waals surface area contributed by atoms with E-state index in [9.17, 15) is 4.79 Å². The van der Waals surface area contributed by atoms with E-state index in [0.717, 1.165) is 12.8 Å². The monoisotopic (exact) mass is 303 g/mol. The Bertz CT molecular complexity index is 576. The highest BCUT2D eigenvalue weighted by Gasteiger charge is 2.09. The Labute approximate surface area is 130 Å². The van der Waals surface area contributed by atoms with Crippen LogP contribution in [0.25, 0.3) is 0 Å². The van der Waals surface area contributed by atoms with Crippen LogP contribution in [0.15, 0.2) is 30.0 Å². The van der Waals surface area contributed by atoms with E-state index in [1.54, 1.807) is 32.4 Å². The summed E-state index contributed by atoms with van der Waals surface area (Å²) in [4.78, 5) is 11.9. The molecule has 0 bridgehead atoms. The Balaban J connectivity index is 2.83. The van der Waals surface area contributed by atoms with Gasteiger partial charge in [-0.25, -0.2) is 0 Å². The van der Waals surface area contributed by atoms with Gasteiger partial charge in [0.25, 0.3) is 5.91 Å². The fraction of sp³-hybridized carbons (Fsp3) is 0.375. The number of nitrogens with one attached hydrogen (secondary N) is 2. The maximum atomic E-state index is 11.9. The molecule has 0 heterocycles. The number of nitrogens with zero attached hydrogens (tertiary/aromatic N) is 1. The van der Waals surface area contributed by atoms with Crippen LogP contribution in [0.2, 0.25) is 0 Å². The van der Waals surface area contributed by atoms with Crippen LogP contribution in [0.5, 0.6) is 11.5 Å². The zero-order valence-electron chi connectivity index (χ0n) is 13.1.